The van der Waals surface area contributed by atoms with Crippen molar-refractivity contribution in [2.45, 2.75) is 26.9 Å². The van der Waals surface area contributed by atoms with E-state index in [1.807, 2.05) is 37.3 Å². The van der Waals surface area contributed by atoms with Crippen LogP contribution in [0.1, 0.15) is 35.6 Å². The number of ether oxygens (including phenoxy) is 1. The molecule has 0 bridgehead atoms. The summed E-state index contributed by atoms with van der Waals surface area (Å²) in [6.07, 6.45) is 0.539. The number of nitrogen functional groups attached to an aromatic ring is 1. The Bertz CT molecular complexity index is 739. The molecule has 122 valence electrons. The zero-order valence-electron chi connectivity index (χ0n) is 13.3. The zero-order valence-corrected chi connectivity index (χ0v) is 13.3. The standard InChI is InChI=1S/C17H21N3O3/c1-3-13-10-14(21)16(15(20(13)18)17(22)19-4-2)23-11-12-8-6-5-7-9-12/h5-10H,3-4,11,18H2,1-2H3,(H,19,22). The highest BCUT2D eigenvalue weighted by Gasteiger charge is 2.21. The molecule has 6 nitrogen and oxygen atoms in total. The third-order valence-electron chi connectivity index (χ3n) is 3.43. The largest absolute Gasteiger partial charge is 0.482 e. The first kappa shape index (κ1) is 16.6. The summed E-state index contributed by atoms with van der Waals surface area (Å²) in [5.74, 6) is 5.55. The minimum atomic E-state index is -0.425. The molecule has 0 aliphatic carbocycles. The van der Waals surface area contributed by atoms with E-state index in [0.717, 1.165) is 5.56 Å². The molecule has 0 saturated heterocycles. The maximum Gasteiger partial charge on any atom is 0.273 e. The average Bonchev–Trinajstić information content (AvgIpc) is 2.56. The van der Waals surface area contributed by atoms with Gasteiger partial charge in [0.1, 0.15) is 6.61 Å². The Morgan fingerprint density at radius 2 is 1.96 bits per heavy atom. The average molecular weight is 315 g/mol. The van der Waals surface area contributed by atoms with Crippen LogP contribution in [0.4, 0.5) is 0 Å². The number of benzene rings is 1. The van der Waals surface area contributed by atoms with Crippen LogP contribution in [-0.2, 0) is 13.0 Å². The number of pyridine rings is 1. The van der Waals surface area contributed by atoms with E-state index in [9.17, 15) is 9.59 Å². The maximum absolute atomic E-state index is 12.3. The summed E-state index contributed by atoms with van der Waals surface area (Å²) in [4.78, 5) is 24.6. The van der Waals surface area contributed by atoms with Gasteiger partial charge in [-0.05, 0) is 18.9 Å². The lowest BCUT2D eigenvalue weighted by Crippen LogP contribution is -2.34. The molecule has 1 heterocycles. The molecule has 0 radical (unpaired) electrons. The smallest absolute Gasteiger partial charge is 0.273 e. The second-order valence-electron chi connectivity index (χ2n) is 5.03. The number of carbonyl (C=O) groups excluding carboxylic acids is 1. The molecule has 3 N–H and O–H groups in total. The van der Waals surface area contributed by atoms with Crippen LogP contribution in [0, 0.1) is 0 Å². The van der Waals surface area contributed by atoms with Gasteiger partial charge in [-0.15, -0.1) is 0 Å². The van der Waals surface area contributed by atoms with Crippen LogP contribution in [0.2, 0.25) is 0 Å². The van der Waals surface area contributed by atoms with Gasteiger partial charge in [0.25, 0.3) is 5.91 Å². The first-order valence-corrected chi connectivity index (χ1v) is 7.57. The third kappa shape index (κ3) is 3.71. The second kappa shape index (κ2) is 7.49. The predicted molar refractivity (Wildman–Crippen MR) is 89.0 cm³/mol. The van der Waals surface area contributed by atoms with E-state index in [0.29, 0.717) is 18.7 Å². The highest BCUT2D eigenvalue weighted by atomic mass is 16.5. The van der Waals surface area contributed by atoms with Gasteiger partial charge in [0.15, 0.2) is 11.4 Å². The van der Waals surface area contributed by atoms with Crippen LogP contribution in [0.3, 0.4) is 0 Å². The van der Waals surface area contributed by atoms with E-state index in [-0.39, 0.29) is 23.5 Å². The Labute approximate surface area is 134 Å². The summed E-state index contributed by atoms with van der Waals surface area (Å²) < 4.78 is 6.86. The van der Waals surface area contributed by atoms with Gasteiger partial charge in [0.05, 0.1) is 0 Å². The Kier molecular flexibility index (Phi) is 5.41. The predicted octanol–water partition coefficient (Wildman–Crippen LogP) is 1.45. The molecule has 2 aromatic rings. The van der Waals surface area contributed by atoms with Gasteiger partial charge in [-0.3, -0.25) is 14.3 Å². The molecular weight excluding hydrogens is 294 g/mol. The molecule has 0 aliphatic rings. The lowest BCUT2D eigenvalue weighted by Gasteiger charge is -2.17. The topological polar surface area (TPSA) is 86.3 Å². The van der Waals surface area contributed by atoms with E-state index in [1.165, 1.54) is 10.7 Å². The lowest BCUT2D eigenvalue weighted by atomic mass is 10.2. The van der Waals surface area contributed by atoms with Crippen molar-refractivity contribution in [2.75, 3.05) is 12.4 Å². The van der Waals surface area contributed by atoms with Gasteiger partial charge in [-0.2, -0.15) is 0 Å². The van der Waals surface area contributed by atoms with Crippen molar-refractivity contribution in [1.82, 2.24) is 9.99 Å². The SMILES string of the molecule is CCNC(=O)c1c(OCc2ccccc2)c(=O)cc(CC)n1N. The molecule has 0 aliphatic heterocycles. The summed E-state index contributed by atoms with van der Waals surface area (Å²) in [6.45, 7) is 4.28. The number of nitrogens with zero attached hydrogens (tertiary/aromatic N) is 1. The zero-order chi connectivity index (χ0) is 16.8. The van der Waals surface area contributed by atoms with Crippen LogP contribution < -0.4 is 21.3 Å². The third-order valence-corrected chi connectivity index (χ3v) is 3.43. The molecule has 0 spiro atoms. The highest BCUT2D eigenvalue weighted by Crippen LogP contribution is 2.16. The molecule has 2 rings (SSSR count). The number of hydrogen-bond donors (Lipinski definition) is 2. The fraction of sp³-hybridized carbons (Fsp3) is 0.294. The minimum Gasteiger partial charge on any atom is -0.482 e. The number of nitrogens with one attached hydrogen (secondary N) is 1. The number of amides is 1. The molecule has 23 heavy (non-hydrogen) atoms. The summed E-state index contributed by atoms with van der Waals surface area (Å²) in [5, 5.41) is 2.66. The maximum atomic E-state index is 12.3. The molecule has 0 fully saturated rings. The van der Waals surface area contributed by atoms with Gasteiger partial charge in [-0.25, -0.2) is 0 Å². The van der Waals surface area contributed by atoms with Gasteiger partial charge in [0.2, 0.25) is 5.43 Å². The van der Waals surface area contributed by atoms with Crippen molar-refractivity contribution in [1.29, 1.82) is 0 Å². The van der Waals surface area contributed by atoms with E-state index < -0.39 is 5.91 Å². The van der Waals surface area contributed by atoms with E-state index in [2.05, 4.69) is 5.32 Å². The Morgan fingerprint density at radius 3 is 2.57 bits per heavy atom. The fourth-order valence-electron chi connectivity index (χ4n) is 2.25. The van der Waals surface area contributed by atoms with Gasteiger partial charge in [-0.1, -0.05) is 37.3 Å². The summed E-state index contributed by atoms with van der Waals surface area (Å²) in [6, 6.07) is 10.8. The van der Waals surface area contributed by atoms with E-state index >= 15 is 0 Å². The number of aryl methyl sites for hydroxylation is 1. The minimum absolute atomic E-state index is 0.0282. The van der Waals surface area contributed by atoms with Crippen molar-refractivity contribution < 1.29 is 9.53 Å². The summed E-state index contributed by atoms with van der Waals surface area (Å²) in [5.41, 5.74) is 1.17. The van der Waals surface area contributed by atoms with E-state index in [4.69, 9.17) is 10.6 Å². The summed E-state index contributed by atoms with van der Waals surface area (Å²) >= 11 is 0. The molecule has 6 heteroatoms. The lowest BCUT2D eigenvalue weighted by molar-refractivity contribution is 0.0941. The van der Waals surface area contributed by atoms with Gasteiger partial charge in [0, 0.05) is 18.3 Å². The quantitative estimate of drug-likeness (QED) is 0.790. The van der Waals surface area contributed by atoms with Gasteiger partial charge < -0.3 is 15.9 Å². The fourth-order valence-corrected chi connectivity index (χ4v) is 2.25. The number of rotatable bonds is 6. The Balaban J connectivity index is 2.42. The highest BCUT2D eigenvalue weighted by molar-refractivity contribution is 5.95. The van der Waals surface area contributed by atoms with Crippen LogP contribution in [-0.4, -0.2) is 17.1 Å². The molecule has 0 saturated carbocycles. The number of aromatic nitrogens is 1. The number of carbonyl (C=O) groups is 1. The first-order chi connectivity index (χ1) is 11.1. The molecule has 0 unspecified atom stereocenters. The molecule has 1 aromatic heterocycles. The molecular formula is C17H21N3O3. The monoisotopic (exact) mass is 315 g/mol. The van der Waals surface area contributed by atoms with Crippen LogP contribution in [0.25, 0.3) is 0 Å². The van der Waals surface area contributed by atoms with Gasteiger partial charge >= 0.3 is 0 Å². The Hall–Kier alpha value is -2.76. The molecule has 1 aromatic carbocycles. The van der Waals surface area contributed by atoms with E-state index in [1.54, 1.807) is 6.92 Å². The first-order valence-electron chi connectivity index (χ1n) is 7.57. The van der Waals surface area contributed by atoms with Crippen LogP contribution in [0.5, 0.6) is 5.75 Å². The Morgan fingerprint density at radius 1 is 1.26 bits per heavy atom. The van der Waals surface area contributed by atoms with Crippen molar-refractivity contribution in [2.24, 2.45) is 0 Å². The van der Waals surface area contributed by atoms with Crippen molar-refractivity contribution in [3.05, 3.63) is 63.6 Å². The number of hydrogen-bond acceptors (Lipinski definition) is 4. The van der Waals surface area contributed by atoms with Crippen molar-refractivity contribution >= 4 is 5.91 Å². The summed E-state index contributed by atoms with van der Waals surface area (Å²) in [7, 11) is 0. The van der Waals surface area contributed by atoms with Crippen LogP contribution >= 0.6 is 0 Å². The molecule has 0 atom stereocenters. The normalized spacial score (nSPS) is 10.3. The van der Waals surface area contributed by atoms with Crippen molar-refractivity contribution in [3.8, 4) is 5.75 Å². The number of nitrogens with two attached hydrogens (primary N) is 1. The van der Waals surface area contributed by atoms with Crippen LogP contribution in [0.15, 0.2) is 41.2 Å². The van der Waals surface area contributed by atoms with Crippen molar-refractivity contribution in [3.63, 3.8) is 0 Å². The second-order valence-corrected chi connectivity index (χ2v) is 5.03. The molecule has 1 amide bonds.